The van der Waals surface area contributed by atoms with Crippen LogP contribution < -0.4 is 0 Å². The van der Waals surface area contributed by atoms with Crippen molar-refractivity contribution in [2.75, 3.05) is 6.61 Å². The van der Waals surface area contributed by atoms with E-state index in [-0.39, 0.29) is 11.8 Å². The quantitative estimate of drug-likeness (QED) is 0.840. The van der Waals surface area contributed by atoms with Crippen molar-refractivity contribution in [3.63, 3.8) is 0 Å². The average molecular weight is 240 g/mol. The molecule has 2 rings (SSSR count). The summed E-state index contributed by atoms with van der Waals surface area (Å²) >= 11 is 0. The fourth-order valence-corrected chi connectivity index (χ4v) is 1.80. The van der Waals surface area contributed by atoms with Gasteiger partial charge in [0.2, 0.25) is 11.7 Å². The highest BCUT2D eigenvalue weighted by Crippen LogP contribution is 2.47. The molecule has 0 bridgehead atoms. The normalized spacial score (nSPS) is 23.7. The summed E-state index contributed by atoms with van der Waals surface area (Å²) in [5.74, 6) is -0.450. The number of aliphatic carboxylic acids is 1. The van der Waals surface area contributed by atoms with Gasteiger partial charge in [0.25, 0.3) is 0 Å². The van der Waals surface area contributed by atoms with Crippen LogP contribution in [0.4, 0.5) is 0 Å². The van der Waals surface area contributed by atoms with Gasteiger partial charge in [-0.3, -0.25) is 4.79 Å². The van der Waals surface area contributed by atoms with Gasteiger partial charge in [0, 0.05) is 6.61 Å². The minimum absolute atomic E-state index is 0.133. The van der Waals surface area contributed by atoms with Gasteiger partial charge in [0.05, 0.1) is 11.8 Å². The molecule has 0 aliphatic heterocycles. The maximum absolute atomic E-state index is 10.7. The number of aromatic nitrogens is 2. The van der Waals surface area contributed by atoms with Crippen molar-refractivity contribution >= 4 is 5.97 Å². The van der Waals surface area contributed by atoms with Gasteiger partial charge in [-0.15, -0.1) is 0 Å². The van der Waals surface area contributed by atoms with Gasteiger partial charge in [0.1, 0.15) is 5.60 Å². The van der Waals surface area contributed by atoms with Crippen molar-refractivity contribution in [2.45, 2.75) is 38.7 Å². The van der Waals surface area contributed by atoms with Crippen molar-refractivity contribution in [1.29, 1.82) is 0 Å². The summed E-state index contributed by atoms with van der Waals surface area (Å²) in [4.78, 5) is 15.0. The Hall–Kier alpha value is -1.43. The number of hydrogen-bond donors (Lipinski definition) is 1. The first-order valence-electron chi connectivity index (χ1n) is 5.66. The van der Waals surface area contributed by atoms with Gasteiger partial charge < -0.3 is 14.4 Å². The van der Waals surface area contributed by atoms with Crippen LogP contribution in [0.25, 0.3) is 0 Å². The lowest BCUT2D eigenvalue weighted by Crippen LogP contribution is -2.23. The van der Waals surface area contributed by atoms with Gasteiger partial charge in [0.15, 0.2) is 0 Å². The molecule has 2 atom stereocenters. The van der Waals surface area contributed by atoms with Crippen molar-refractivity contribution in [2.24, 2.45) is 5.92 Å². The molecule has 0 aromatic carbocycles. The Labute approximate surface area is 99.0 Å². The van der Waals surface area contributed by atoms with Gasteiger partial charge >= 0.3 is 5.97 Å². The van der Waals surface area contributed by atoms with Crippen LogP contribution in [0.1, 0.15) is 44.8 Å². The Morgan fingerprint density at radius 3 is 2.88 bits per heavy atom. The third-order valence-electron chi connectivity index (χ3n) is 2.91. The van der Waals surface area contributed by atoms with E-state index in [9.17, 15) is 4.79 Å². The lowest BCUT2D eigenvalue weighted by molar-refractivity contribution is -0.138. The van der Waals surface area contributed by atoms with Crippen molar-refractivity contribution in [3.05, 3.63) is 11.7 Å². The van der Waals surface area contributed by atoms with Gasteiger partial charge in [-0.2, -0.15) is 4.98 Å². The number of hydrogen-bond acceptors (Lipinski definition) is 5. The largest absolute Gasteiger partial charge is 0.481 e. The second-order valence-corrected chi connectivity index (χ2v) is 4.69. The first-order valence-corrected chi connectivity index (χ1v) is 5.66. The Bertz CT molecular complexity index is 427. The molecule has 0 saturated heterocycles. The molecule has 1 heterocycles. The fraction of sp³-hybridized carbons (Fsp3) is 0.727. The van der Waals surface area contributed by atoms with E-state index >= 15 is 0 Å². The Morgan fingerprint density at radius 2 is 2.35 bits per heavy atom. The molecule has 1 aromatic heterocycles. The number of nitrogens with zero attached hydrogens (tertiary/aromatic N) is 2. The fourth-order valence-electron chi connectivity index (χ4n) is 1.80. The average Bonchev–Trinajstić information content (AvgIpc) is 2.88. The molecule has 0 spiro atoms. The molecule has 17 heavy (non-hydrogen) atoms. The molecule has 1 aliphatic rings. The summed E-state index contributed by atoms with van der Waals surface area (Å²) in [6, 6.07) is 0. The highest BCUT2D eigenvalue weighted by atomic mass is 16.5. The van der Waals surface area contributed by atoms with Crippen molar-refractivity contribution in [3.8, 4) is 0 Å². The highest BCUT2D eigenvalue weighted by Gasteiger charge is 2.48. The lowest BCUT2D eigenvalue weighted by atomic mass is 10.1. The number of rotatable bonds is 5. The number of carboxylic acid groups (broad SMARTS) is 1. The zero-order chi connectivity index (χ0) is 12.6. The van der Waals surface area contributed by atoms with Crippen molar-refractivity contribution < 1.29 is 19.2 Å². The van der Waals surface area contributed by atoms with E-state index < -0.39 is 11.6 Å². The van der Waals surface area contributed by atoms with Crippen LogP contribution >= 0.6 is 0 Å². The standard InChI is InChI=1S/C11H16N2O4/c1-4-16-11(2,3)10-12-8(17-13-10)6-5-7(6)9(14)15/h6-7H,4-5H2,1-3H3,(H,14,15). The molecule has 6 nitrogen and oxygen atoms in total. The Kier molecular flexibility index (Phi) is 2.91. The third-order valence-corrected chi connectivity index (χ3v) is 2.91. The van der Waals surface area contributed by atoms with Crippen LogP contribution in [0, 0.1) is 5.92 Å². The number of carbonyl (C=O) groups is 1. The second kappa shape index (κ2) is 4.10. The Balaban J connectivity index is 2.09. The van der Waals surface area contributed by atoms with E-state index in [1.807, 2.05) is 20.8 Å². The van der Waals surface area contributed by atoms with Gasteiger partial charge in [-0.05, 0) is 27.2 Å². The first-order chi connectivity index (χ1) is 7.95. The van der Waals surface area contributed by atoms with Crippen LogP contribution in [0.5, 0.6) is 0 Å². The van der Waals surface area contributed by atoms with Crippen LogP contribution in [-0.2, 0) is 15.1 Å². The zero-order valence-electron chi connectivity index (χ0n) is 10.1. The summed E-state index contributed by atoms with van der Waals surface area (Å²) in [6.07, 6.45) is 0.575. The number of ether oxygens (including phenoxy) is 1. The summed E-state index contributed by atoms with van der Waals surface area (Å²) in [6.45, 7) is 6.15. The van der Waals surface area contributed by atoms with E-state index in [2.05, 4.69) is 10.1 Å². The predicted octanol–water partition coefficient (Wildman–Crippen LogP) is 1.53. The van der Waals surface area contributed by atoms with E-state index in [4.69, 9.17) is 14.4 Å². The molecule has 1 N–H and O–H groups in total. The molecule has 0 amide bonds. The Morgan fingerprint density at radius 1 is 1.65 bits per heavy atom. The highest BCUT2D eigenvalue weighted by molar-refractivity contribution is 5.74. The van der Waals surface area contributed by atoms with Gasteiger partial charge in [-0.25, -0.2) is 0 Å². The molecule has 1 fully saturated rings. The summed E-state index contributed by atoms with van der Waals surface area (Å²) < 4.78 is 10.6. The summed E-state index contributed by atoms with van der Waals surface area (Å²) in [5, 5.41) is 12.7. The van der Waals surface area contributed by atoms with Crippen LogP contribution in [0.3, 0.4) is 0 Å². The predicted molar refractivity (Wildman–Crippen MR) is 57.4 cm³/mol. The zero-order valence-corrected chi connectivity index (χ0v) is 10.1. The smallest absolute Gasteiger partial charge is 0.307 e. The first kappa shape index (κ1) is 12.0. The maximum atomic E-state index is 10.7. The van der Waals surface area contributed by atoms with Crippen LogP contribution in [0.15, 0.2) is 4.52 Å². The van der Waals surface area contributed by atoms with E-state index in [0.717, 1.165) is 0 Å². The third kappa shape index (κ3) is 2.31. The van der Waals surface area contributed by atoms with Gasteiger partial charge in [-0.1, -0.05) is 5.16 Å². The van der Waals surface area contributed by atoms with E-state index in [1.165, 1.54) is 0 Å². The molecule has 1 saturated carbocycles. The second-order valence-electron chi connectivity index (χ2n) is 4.69. The number of carboxylic acids is 1. The SMILES string of the molecule is CCOC(C)(C)c1noc(C2CC2C(=O)O)n1. The van der Waals surface area contributed by atoms with E-state index in [0.29, 0.717) is 24.7 Å². The lowest BCUT2D eigenvalue weighted by Gasteiger charge is -2.19. The molecule has 6 heteroatoms. The molecule has 2 unspecified atom stereocenters. The van der Waals surface area contributed by atoms with Crippen LogP contribution in [0.2, 0.25) is 0 Å². The van der Waals surface area contributed by atoms with Crippen LogP contribution in [-0.4, -0.2) is 27.8 Å². The maximum Gasteiger partial charge on any atom is 0.307 e. The summed E-state index contributed by atoms with van der Waals surface area (Å²) in [7, 11) is 0. The molecular weight excluding hydrogens is 224 g/mol. The molecule has 1 aromatic rings. The minimum atomic E-state index is -0.807. The molecular formula is C11H16N2O4. The molecule has 94 valence electrons. The van der Waals surface area contributed by atoms with E-state index in [1.54, 1.807) is 0 Å². The topological polar surface area (TPSA) is 85.5 Å². The monoisotopic (exact) mass is 240 g/mol. The molecule has 0 radical (unpaired) electrons. The molecule has 1 aliphatic carbocycles. The van der Waals surface area contributed by atoms with Crippen molar-refractivity contribution in [1.82, 2.24) is 10.1 Å². The summed E-state index contributed by atoms with van der Waals surface area (Å²) in [5.41, 5.74) is -0.607. The minimum Gasteiger partial charge on any atom is -0.481 e.